The average molecular weight is 318 g/mol. The van der Waals surface area contributed by atoms with Gasteiger partial charge in [-0.15, -0.1) is 0 Å². The molecule has 0 amide bonds. The number of hydrogen-bond donors (Lipinski definition) is 0. The summed E-state index contributed by atoms with van der Waals surface area (Å²) < 4.78 is 25.7. The number of nitrogens with zero attached hydrogens (tertiary/aromatic N) is 3. The second kappa shape index (κ2) is 6.65. The van der Waals surface area contributed by atoms with Crippen LogP contribution in [0, 0.1) is 21.4 Å². The quantitative estimate of drug-likeness (QED) is 0.590. The van der Waals surface area contributed by atoms with Crippen molar-refractivity contribution in [2.75, 3.05) is 13.1 Å². The molecule has 7 nitrogen and oxygen atoms in total. The van der Waals surface area contributed by atoms with Gasteiger partial charge in [-0.05, 0) is 12.1 Å². The number of nitriles is 1. The van der Waals surface area contributed by atoms with E-state index >= 15 is 0 Å². The number of rotatable bonds is 6. The highest BCUT2D eigenvalue weighted by Gasteiger charge is 2.25. The predicted octanol–water partition coefficient (Wildman–Crippen LogP) is 2.17. The van der Waals surface area contributed by atoms with Gasteiger partial charge in [-0.1, -0.05) is 18.5 Å². The lowest BCUT2D eigenvalue weighted by molar-refractivity contribution is -0.384. The van der Waals surface area contributed by atoms with Crippen LogP contribution in [-0.2, 0) is 10.0 Å². The third-order valence-corrected chi connectivity index (χ3v) is 4.87. The van der Waals surface area contributed by atoms with E-state index in [1.807, 2.05) is 6.07 Å². The maximum atomic E-state index is 12.3. The fraction of sp³-hybridized carbons (Fsp3) is 0.364. The van der Waals surface area contributed by atoms with E-state index in [9.17, 15) is 18.5 Å². The van der Waals surface area contributed by atoms with Gasteiger partial charge >= 0.3 is 0 Å². The van der Waals surface area contributed by atoms with Crippen LogP contribution in [0.1, 0.15) is 13.3 Å². The van der Waals surface area contributed by atoms with E-state index in [2.05, 4.69) is 0 Å². The third-order valence-electron chi connectivity index (χ3n) is 2.58. The van der Waals surface area contributed by atoms with E-state index in [-0.39, 0.29) is 29.4 Å². The first-order valence-electron chi connectivity index (χ1n) is 5.65. The van der Waals surface area contributed by atoms with E-state index in [4.69, 9.17) is 16.9 Å². The van der Waals surface area contributed by atoms with Crippen LogP contribution < -0.4 is 0 Å². The Labute approximate surface area is 121 Å². The molecule has 1 aromatic carbocycles. The number of halogens is 1. The monoisotopic (exact) mass is 317 g/mol. The Balaban J connectivity index is 3.25. The summed E-state index contributed by atoms with van der Waals surface area (Å²) in [4.78, 5) is 9.82. The molecule has 0 N–H and O–H groups in total. The van der Waals surface area contributed by atoms with Crippen molar-refractivity contribution in [1.29, 1.82) is 5.26 Å². The Bertz CT molecular complexity index is 654. The third kappa shape index (κ3) is 3.45. The molecule has 0 radical (unpaired) electrons. The summed E-state index contributed by atoms with van der Waals surface area (Å²) in [5.41, 5.74) is -0.468. The van der Waals surface area contributed by atoms with Crippen LogP contribution in [0.25, 0.3) is 0 Å². The lowest BCUT2D eigenvalue weighted by Crippen LogP contribution is -2.31. The molecule has 0 spiro atoms. The lowest BCUT2D eigenvalue weighted by atomic mass is 10.3. The van der Waals surface area contributed by atoms with Crippen LogP contribution in [0.15, 0.2) is 23.1 Å². The van der Waals surface area contributed by atoms with Gasteiger partial charge in [0, 0.05) is 25.6 Å². The maximum absolute atomic E-state index is 12.3. The van der Waals surface area contributed by atoms with Gasteiger partial charge in [0.2, 0.25) is 10.0 Å². The predicted molar refractivity (Wildman–Crippen MR) is 72.8 cm³/mol. The molecule has 0 atom stereocenters. The van der Waals surface area contributed by atoms with Crippen molar-refractivity contribution in [2.24, 2.45) is 0 Å². The van der Waals surface area contributed by atoms with Crippen LogP contribution in [0.3, 0.4) is 0 Å². The zero-order chi connectivity index (χ0) is 15.3. The summed E-state index contributed by atoms with van der Waals surface area (Å²) in [6.07, 6.45) is 0.0444. The molecule has 108 valence electrons. The Hall–Kier alpha value is -1.69. The largest absolute Gasteiger partial charge is 0.289 e. The molecule has 0 saturated heterocycles. The van der Waals surface area contributed by atoms with Crippen LogP contribution in [0.2, 0.25) is 5.02 Å². The van der Waals surface area contributed by atoms with Crippen LogP contribution in [0.5, 0.6) is 0 Å². The summed E-state index contributed by atoms with van der Waals surface area (Å²) in [7, 11) is -3.88. The molecule has 0 bridgehead atoms. The van der Waals surface area contributed by atoms with E-state index in [1.54, 1.807) is 6.92 Å². The minimum atomic E-state index is -3.88. The molecule has 0 aliphatic rings. The molecule has 0 aromatic heterocycles. The zero-order valence-corrected chi connectivity index (χ0v) is 12.2. The number of sulfonamides is 1. The van der Waals surface area contributed by atoms with Crippen LogP contribution in [0.4, 0.5) is 5.69 Å². The summed E-state index contributed by atoms with van der Waals surface area (Å²) in [5.74, 6) is 0. The Morgan fingerprint density at radius 2 is 2.15 bits per heavy atom. The SMILES string of the molecule is CCN(CCC#N)S(=O)(=O)c1ccc(Cl)c([N+](=O)[O-])c1. The minimum absolute atomic E-state index is 0.0335. The molecule has 0 aliphatic carbocycles. The van der Waals surface area contributed by atoms with Gasteiger partial charge in [0.05, 0.1) is 15.9 Å². The molecule has 0 heterocycles. The van der Waals surface area contributed by atoms with Gasteiger partial charge < -0.3 is 0 Å². The van der Waals surface area contributed by atoms with Gasteiger partial charge in [0.15, 0.2) is 0 Å². The summed E-state index contributed by atoms with van der Waals surface area (Å²) in [6, 6.07) is 5.16. The van der Waals surface area contributed by atoms with E-state index < -0.39 is 20.6 Å². The van der Waals surface area contributed by atoms with Gasteiger partial charge in [-0.3, -0.25) is 10.1 Å². The average Bonchev–Trinajstić information content (AvgIpc) is 2.39. The molecule has 1 aromatic rings. The van der Waals surface area contributed by atoms with Gasteiger partial charge in [-0.25, -0.2) is 8.42 Å². The topological polar surface area (TPSA) is 104 Å². The highest BCUT2D eigenvalue weighted by Crippen LogP contribution is 2.28. The normalized spacial score (nSPS) is 11.3. The molecule has 9 heteroatoms. The van der Waals surface area contributed by atoms with E-state index in [0.717, 1.165) is 10.4 Å². The van der Waals surface area contributed by atoms with Crippen LogP contribution in [-0.4, -0.2) is 30.7 Å². The Kier molecular flexibility index (Phi) is 5.44. The summed E-state index contributed by atoms with van der Waals surface area (Å²) in [5, 5.41) is 19.2. The van der Waals surface area contributed by atoms with Crippen molar-refractivity contribution in [3.63, 3.8) is 0 Å². The Morgan fingerprint density at radius 3 is 2.65 bits per heavy atom. The van der Waals surface area contributed by atoms with Crippen molar-refractivity contribution < 1.29 is 13.3 Å². The minimum Gasteiger partial charge on any atom is -0.258 e. The second-order valence-corrected chi connectivity index (χ2v) is 6.12. The maximum Gasteiger partial charge on any atom is 0.289 e. The van der Waals surface area contributed by atoms with Crippen molar-refractivity contribution >= 4 is 27.3 Å². The first-order chi connectivity index (χ1) is 9.34. The molecular formula is C11H12ClN3O4S. The zero-order valence-electron chi connectivity index (χ0n) is 10.6. The molecular weight excluding hydrogens is 306 g/mol. The number of nitro benzene ring substituents is 1. The smallest absolute Gasteiger partial charge is 0.258 e. The second-order valence-electron chi connectivity index (χ2n) is 3.78. The van der Waals surface area contributed by atoms with Crippen molar-refractivity contribution in [1.82, 2.24) is 4.31 Å². The summed E-state index contributed by atoms with van der Waals surface area (Å²) in [6.45, 7) is 1.82. The van der Waals surface area contributed by atoms with Crippen molar-refractivity contribution in [3.05, 3.63) is 33.3 Å². The van der Waals surface area contributed by atoms with Crippen LogP contribution >= 0.6 is 11.6 Å². The molecule has 0 saturated carbocycles. The molecule has 20 heavy (non-hydrogen) atoms. The molecule has 0 aliphatic heterocycles. The first kappa shape index (κ1) is 16.4. The van der Waals surface area contributed by atoms with Gasteiger partial charge in [0.1, 0.15) is 5.02 Å². The fourth-order valence-electron chi connectivity index (χ4n) is 1.56. The standard InChI is InChI=1S/C11H12ClN3O4S/c1-2-14(7-3-6-13)20(18,19)9-4-5-10(12)11(8-9)15(16)17/h4-5,8H,2-3,7H2,1H3. The lowest BCUT2D eigenvalue weighted by Gasteiger charge is -2.19. The number of nitro groups is 1. The number of benzene rings is 1. The van der Waals surface area contributed by atoms with Crippen molar-refractivity contribution in [2.45, 2.75) is 18.2 Å². The fourth-order valence-corrected chi connectivity index (χ4v) is 3.22. The van der Waals surface area contributed by atoms with E-state index in [0.29, 0.717) is 0 Å². The molecule has 1 rings (SSSR count). The highest BCUT2D eigenvalue weighted by molar-refractivity contribution is 7.89. The molecule has 0 unspecified atom stereocenters. The summed E-state index contributed by atoms with van der Waals surface area (Å²) >= 11 is 5.65. The Morgan fingerprint density at radius 1 is 1.50 bits per heavy atom. The van der Waals surface area contributed by atoms with Crippen molar-refractivity contribution in [3.8, 4) is 6.07 Å². The molecule has 0 fully saturated rings. The first-order valence-corrected chi connectivity index (χ1v) is 7.47. The highest BCUT2D eigenvalue weighted by atomic mass is 35.5. The van der Waals surface area contributed by atoms with E-state index in [1.165, 1.54) is 12.1 Å². The number of hydrogen-bond acceptors (Lipinski definition) is 5. The van der Waals surface area contributed by atoms with Gasteiger partial charge in [-0.2, -0.15) is 9.57 Å². The van der Waals surface area contributed by atoms with Gasteiger partial charge in [0.25, 0.3) is 5.69 Å².